The van der Waals surface area contributed by atoms with Crippen molar-refractivity contribution in [1.29, 1.82) is 0 Å². The Bertz CT molecular complexity index is 170. The summed E-state index contributed by atoms with van der Waals surface area (Å²) in [5, 5.41) is 0. The molecule has 1 fully saturated rings. The Morgan fingerprint density at radius 2 is 2.27 bits per heavy atom. The first-order valence-electron chi connectivity index (χ1n) is 3.69. The highest BCUT2D eigenvalue weighted by molar-refractivity contribution is 5.77. The number of amides is 2. The lowest BCUT2D eigenvalue weighted by Gasteiger charge is -2.31. The summed E-state index contributed by atoms with van der Waals surface area (Å²) in [6.07, 6.45) is 1.72. The second-order valence-corrected chi connectivity index (χ2v) is 2.67. The minimum atomic E-state index is -0.0386. The van der Waals surface area contributed by atoms with Gasteiger partial charge in [0, 0.05) is 20.1 Å². The fourth-order valence-electron chi connectivity index (χ4n) is 1.19. The molecule has 4 heteroatoms. The van der Waals surface area contributed by atoms with E-state index in [9.17, 15) is 9.59 Å². The van der Waals surface area contributed by atoms with Crippen LogP contribution in [0.3, 0.4) is 0 Å². The number of aldehydes is 1. The molecule has 62 valence electrons. The highest BCUT2D eigenvalue weighted by atomic mass is 16.2. The molecule has 0 aromatic heterocycles. The molecule has 0 aromatic carbocycles. The smallest absolute Gasteiger partial charge is 0.320 e. The number of nitrogens with zero attached hydrogens (tertiary/aromatic N) is 2. The highest BCUT2D eigenvalue weighted by Crippen LogP contribution is 2.04. The van der Waals surface area contributed by atoms with Crippen LogP contribution in [0.25, 0.3) is 0 Å². The topological polar surface area (TPSA) is 40.6 Å². The van der Waals surface area contributed by atoms with Crippen molar-refractivity contribution in [2.75, 3.05) is 26.7 Å². The van der Waals surface area contributed by atoms with Gasteiger partial charge in [-0.1, -0.05) is 0 Å². The van der Waals surface area contributed by atoms with Gasteiger partial charge in [-0.3, -0.25) is 0 Å². The molecule has 0 bridgehead atoms. The van der Waals surface area contributed by atoms with Crippen LogP contribution in [0, 0.1) is 0 Å². The number of hydrogen-bond donors (Lipinski definition) is 0. The summed E-state index contributed by atoms with van der Waals surface area (Å²) in [6, 6.07) is -0.0386. The lowest BCUT2D eigenvalue weighted by molar-refractivity contribution is -0.108. The van der Waals surface area contributed by atoms with Gasteiger partial charge in [0.2, 0.25) is 0 Å². The number of hydrogen-bond acceptors (Lipinski definition) is 2. The van der Waals surface area contributed by atoms with Crippen molar-refractivity contribution in [2.45, 2.75) is 6.42 Å². The summed E-state index contributed by atoms with van der Waals surface area (Å²) in [6.45, 7) is 1.74. The quantitative estimate of drug-likeness (QED) is 0.526. The zero-order valence-corrected chi connectivity index (χ0v) is 6.62. The van der Waals surface area contributed by atoms with Gasteiger partial charge in [0.1, 0.15) is 6.29 Å². The summed E-state index contributed by atoms with van der Waals surface area (Å²) in [5.41, 5.74) is 0. The monoisotopic (exact) mass is 156 g/mol. The van der Waals surface area contributed by atoms with Gasteiger partial charge in [0.05, 0.1) is 6.54 Å². The average Bonchev–Trinajstić information content (AvgIpc) is 1.99. The maximum absolute atomic E-state index is 11.2. The Hall–Kier alpha value is -1.06. The SMILES string of the molecule is CN1CCCN(CC=O)C1=O. The summed E-state index contributed by atoms with van der Waals surface area (Å²) < 4.78 is 0. The molecule has 2 amide bonds. The second kappa shape index (κ2) is 3.37. The predicted molar refractivity (Wildman–Crippen MR) is 40.3 cm³/mol. The molecule has 1 saturated heterocycles. The van der Waals surface area contributed by atoms with Crippen LogP contribution in [0.15, 0.2) is 0 Å². The predicted octanol–water partition coefficient (Wildman–Crippen LogP) is -0.0572. The molecule has 4 nitrogen and oxygen atoms in total. The normalized spacial score (nSPS) is 18.8. The van der Waals surface area contributed by atoms with Crippen LogP contribution >= 0.6 is 0 Å². The number of carbonyl (C=O) groups is 2. The van der Waals surface area contributed by atoms with Gasteiger partial charge >= 0.3 is 6.03 Å². The average molecular weight is 156 g/mol. The fourth-order valence-corrected chi connectivity index (χ4v) is 1.19. The molecule has 0 unspecified atom stereocenters. The van der Waals surface area contributed by atoms with Crippen molar-refractivity contribution >= 4 is 12.3 Å². The number of rotatable bonds is 2. The summed E-state index contributed by atoms with van der Waals surface area (Å²) in [7, 11) is 1.75. The van der Waals surface area contributed by atoms with Crippen LogP contribution in [-0.2, 0) is 4.79 Å². The van der Waals surface area contributed by atoms with Gasteiger partial charge in [0.15, 0.2) is 0 Å². The van der Waals surface area contributed by atoms with E-state index in [1.54, 1.807) is 16.8 Å². The molecule has 1 aliphatic rings. The molecular formula is C7H12N2O2. The third kappa shape index (κ3) is 1.69. The first-order chi connectivity index (χ1) is 5.25. The van der Waals surface area contributed by atoms with E-state index < -0.39 is 0 Å². The Labute approximate surface area is 65.8 Å². The first kappa shape index (κ1) is 8.04. The molecule has 1 heterocycles. The summed E-state index contributed by atoms with van der Waals surface area (Å²) in [4.78, 5) is 24.5. The van der Waals surface area contributed by atoms with Crippen molar-refractivity contribution in [3.63, 3.8) is 0 Å². The van der Waals surface area contributed by atoms with E-state index in [1.807, 2.05) is 0 Å². The highest BCUT2D eigenvalue weighted by Gasteiger charge is 2.21. The van der Waals surface area contributed by atoms with Crippen LogP contribution in [0.2, 0.25) is 0 Å². The number of carbonyl (C=O) groups excluding carboxylic acids is 2. The van der Waals surface area contributed by atoms with Crippen LogP contribution < -0.4 is 0 Å². The van der Waals surface area contributed by atoms with E-state index in [0.717, 1.165) is 19.3 Å². The van der Waals surface area contributed by atoms with E-state index in [-0.39, 0.29) is 12.6 Å². The molecule has 0 N–H and O–H groups in total. The van der Waals surface area contributed by atoms with E-state index in [4.69, 9.17) is 0 Å². The maximum atomic E-state index is 11.2. The van der Waals surface area contributed by atoms with Crippen LogP contribution in [0.1, 0.15) is 6.42 Å². The van der Waals surface area contributed by atoms with Gasteiger partial charge < -0.3 is 14.6 Å². The molecule has 0 atom stereocenters. The zero-order chi connectivity index (χ0) is 8.27. The first-order valence-corrected chi connectivity index (χ1v) is 3.69. The van der Waals surface area contributed by atoms with E-state index in [1.165, 1.54) is 0 Å². The van der Waals surface area contributed by atoms with Crippen LogP contribution in [-0.4, -0.2) is 48.8 Å². The molecule has 0 radical (unpaired) electrons. The zero-order valence-electron chi connectivity index (χ0n) is 6.62. The van der Waals surface area contributed by atoms with Gasteiger partial charge in [-0.25, -0.2) is 4.79 Å². The fraction of sp³-hybridized carbons (Fsp3) is 0.714. The molecule has 0 spiro atoms. The van der Waals surface area contributed by atoms with Crippen molar-refractivity contribution in [1.82, 2.24) is 9.80 Å². The molecule has 1 rings (SSSR count). The van der Waals surface area contributed by atoms with Gasteiger partial charge in [-0.2, -0.15) is 0 Å². The minimum absolute atomic E-state index is 0.0386. The molecule has 0 saturated carbocycles. The number of urea groups is 1. The van der Waals surface area contributed by atoms with Crippen molar-refractivity contribution in [2.24, 2.45) is 0 Å². The van der Waals surface area contributed by atoms with E-state index >= 15 is 0 Å². The summed E-state index contributed by atoms with van der Waals surface area (Å²) in [5.74, 6) is 0. The largest absolute Gasteiger partial charge is 0.328 e. The standard InChI is InChI=1S/C7H12N2O2/c1-8-3-2-4-9(5-6-10)7(8)11/h6H,2-5H2,1H3. The molecule has 0 aliphatic carbocycles. The van der Waals surface area contributed by atoms with Crippen molar-refractivity contribution in [3.8, 4) is 0 Å². The second-order valence-electron chi connectivity index (χ2n) is 2.67. The third-order valence-electron chi connectivity index (χ3n) is 1.81. The maximum Gasteiger partial charge on any atom is 0.320 e. The van der Waals surface area contributed by atoms with Crippen LogP contribution in [0.5, 0.6) is 0 Å². The Kier molecular flexibility index (Phi) is 2.46. The summed E-state index contributed by atoms with van der Waals surface area (Å²) >= 11 is 0. The third-order valence-corrected chi connectivity index (χ3v) is 1.81. The van der Waals surface area contributed by atoms with E-state index in [0.29, 0.717) is 6.54 Å². The van der Waals surface area contributed by atoms with Crippen molar-refractivity contribution in [3.05, 3.63) is 0 Å². The lowest BCUT2D eigenvalue weighted by atomic mass is 10.3. The Balaban J connectivity index is 2.51. The van der Waals surface area contributed by atoms with Crippen molar-refractivity contribution < 1.29 is 9.59 Å². The molecule has 1 aliphatic heterocycles. The van der Waals surface area contributed by atoms with Crippen LogP contribution in [0.4, 0.5) is 4.79 Å². The van der Waals surface area contributed by atoms with Gasteiger partial charge in [-0.05, 0) is 6.42 Å². The Morgan fingerprint density at radius 1 is 1.55 bits per heavy atom. The minimum Gasteiger partial charge on any atom is -0.328 e. The lowest BCUT2D eigenvalue weighted by Crippen LogP contribution is -2.47. The van der Waals surface area contributed by atoms with Gasteiger partial charge in [-0.15, -0.1) is 0 Å². The molecule has 0 aromatic rings. The molecular weight excluding hydrogens is 144 g/mol. The van der Waals surface area contributed by atoms with E-state index in [2.05, 4.69) is 0 Å². The van der Waals surface area contributed by atoms with Gasteiger partial charge in [0.25, 0.3) is 0 Å². The molecule has 11 heavy (non-hydrogen) atoms. The Morgan fingerprint density at radius 3 is 2.91 bits per heavy atom.